The Morgan fingerprint density at radius 1 is 1.47 bits per heavy atom. The number of hydrogen-bond acceptors (Lipinski definition) is 2. The average molecular weight is 334 g/mol. The van der Waals surface area contributed by atoms with E-state index in [1.165, 1.54) is 12.1 Å². The molecule has 0 amide bonds. The zero-order valence-corrected chi connectivity index (χ0v) is 12.5. The van der Waals surface area contributed by atoms with Crippen LogP contribution < -0.4 is 5.32 Å². The van der Waals surface area contributed by atoms with Gasteiger partial charge in [0, 0.05) is 12.2 Å². The highest BCUT2D eigenvalue weighted by molar-refractivity contribution is 9.10. The van der Waals surface area contributed by atoms with Gasteiger partial charge in [0.05, 0.1) is 16.6 Å². The molecular weight excluding hydrogens is 316 g/mol. The lowest BCUT2D eigenvalue weighted by Crippen LogP contribution is -2.33. The summed E-state index contributed by atoms with van der Waals surface area (Å²) in [7, 11) is 0. The summed E-state index contributed by atoms with van der Waals surface area (Å²) in [6.45, 7) is 3.38. The lowest BCUT2D eigenvalue weighted by Gasteiger charge is -2.25. The number of rotatable bonds is 5. The Hall–Kier alpha value is -0.520. The third kappa shape index (κ3) is 3.33. The first-order valence-corrected chi connectivity index (χ1v) is 7.42. The van der Waals surface area contributed by atoms with Gasteiger partial charge in [0.2, 0.25) is 0 Å². The van der Waals surface area contributed by atoms with E-state index in [2.05, 4.69) is 21.2 Å². The number of hydrogen-bond donors (Lipinski definition) is 1. The summed E-state index contributed by atoms with van der Waals surface area (Å²) < 4.78 is 34.1. The van der Waals surface area contributed by atoms with Crippen molar-refractivity contribution in [2.45, 2.75) is 38.3 Å². The maximum Gasteiger partial charge on any atom is 0.145 e. The van der Waals surface area contributed by atoms with Gasteiger partial charge in [-0.3, -0.25) is 0 Å². The van der Waals surface area contributed by atoms with Gasteiger partial charge < -0.3 is 10.1 Å². The van der Waals surface area contributed by atoms with Crippen LogP contribution in [0.2, 0.25) is 0 Å². The van der Waals surface area contributed by atoms with Gasteiger partial charge in [-0.2, -0.15) is 0 Å². The standard InChI is InChI=1S/C14H18BrF2NO/c1-2-7-18-14(11-4-3-8-19-11)12-10(16)6-5-9(15)13(12)17/h5-6,11,14,18H,2-4,7-8H2,1H3. The van der Waals surface area contributed by atoms with Crippen LogP contribution in [0.5, 0.6) is 0 Å². The zero-order chi connectivity index (χ0) is 13.8. The van der Waals surface area contributed by atoms with Crippen molar-refractivity contribution in [1.82, 2.24) is 5.32 Å². The van der Waals surface area contributed by atoms with Gasteiger partial charge in [-0.05, 0) is 53.9 Å². The Balaban J connectivity index is 2.33. The zero-order valence-electron chi connectivity index (χ0n) is 10.9. The summed E-state index contributed by atoms with van der Waals surface area (Å²) in [6, 6.07) is 2.25. The first kappa shape index (κ1) is 14.9. The summed E-state index contributed by atoms with van der Waals surface area (Å²) in [6.07, 6.45) is 2.50. The molecule has 1 N–H and O–H groups in total. The minimum Gasteiger partial charge on any atom is -0.376 e. The third-order valence-corrected chi connectivity index (χ3v) is 3.95. The molecule has 0 spiro atoms. The first-order valence-electron chi connectivity index (χ1n) is 6.63. The average Bonchev–Trinajstić information content (AvgIpc) is 2.92. The molecule has 0 saturated carbocycles. The Labute approximate surface area is 120 Å². The molecule has 2 nitrogen and oxygen atoms in total. The lowest BCUT2D eigenvalue weighted by molar-refractivity contribution is 0.0758. The molecule has 1 fully saturated rings. The van der Waals surface area contributed by atoms with Crippen LogP contribution in [0.25, 0.3) is 0 Å². The normalized spacial score (nSPS) is 20.7. The lowest BCUT2D eigenvalue weighted by atomic mass is 9.98. The van der Waals surface area contributed by atoms with Crippen LogP contribution in [0, 0.1) is 11.6 Å². The van der Waals surface area contributed by atoms with E-state index in [1.54, 1.807) is 0 Å². The maximum atomic E-state index is 14.2. The van der Waals surface area contributed by atoms with Gasteiger partial charge >= 0.3 is 0 Å². The number of ether oxygens (including phenoxy) is 1. The summed E-state index contributed by atoms with van der Waals surface area (Å²) in [4.78, 5) is 0. The molecule has 2 rings (SSSR count). The molecule has 2 atom stereocenters. The number of benzene rings is 1. The smallest absolute Gasteiger partial charge is 0.145 e. The molecule has 1 aliphatic rings. The van der Waals surface area contributed by atoms with E-state index in [-0.39, 0.29) is 16.1 Å². The maximum absolute atomic E-state index is 14.2. The van der Waals surface area contributed by atoms with Gasteiger partial charge in [0.25, 0.3) is 0 Å². The van der Waals surface area contributed by atoms with E-state index in [0.717, 1.165) is 19.3 Å². The molecule has 1 aromatic carbocycles. The van der Waals surface area contributed by atoms with E-state index in [4.69, 9.17) is 4.74 Å². The van der Waals surface area contributed by atoms with E-state index in [0.29, 0.717) is 13.2 Å². The topological polar surface area (TPSA) is 21.3 Å². The predicted molar refractivity (Wildman–Crippen MR) is 74.1 cm³/mol. The highest BCUT2D eigenvalue weighted by Gasteiger charge is 2.31. The SMILES string of the molecule is CCCNC(c1c(F)ccc(Br)c1F)C1CCCO1. The minimum absolute atomic E-state index is 0.0784. The second kappa shape index (κ2) is 6.77. The monoisotopic (exact) mass is 333 g/mol. The van der Waals surface area contributed by atoms with Gasteiger partial charge in [0.15, 0.2) is 0 Å². The van der Waals surface area contributed by atoms with Crippen LogP contribution in [0.1, 0.15) is 37.8 Å². The van der Waals surface area contributed by atoms with E-state index >= 15 is 0 Å². The second-order valence-corrected chi connectivity index (χ2v) is 5.59. The predicted octanol–water partition coefficient (Wildman–Crippen LogP) is 3.95. The number of halogens is 3. The van der Waals surface area contributed by atoms with Crippen LogP contribution >= 0.6 is 15.9 Å². The van der Waals surface area contributed by atoms with Crippen LogP contribution in [0.15, 0.2) is 16.6 Å². The fourth-order valence-corrected chi connectivity index (χ4v) is 2.76. The summed E-state index contributed by atoms with van der Waals surface area (Å²) in [5.41, 5.74) is 0.0784. The fourth-order valence-electron chi connectivity index (χ4n) is 2.41. The van der Waals surface area contributed by atoms with Crippen LogP contribution in [-0.4, -0.2) is 19.3 Å². The molecule has 0 bridgehead atoms. The Kier molecular flexibility index (Phi) is 5.30. The first-order chi connectivity index (χ1) is 9.15. The van der Waals surface area contributed by atoms with E-state index < -0.39 is 17.7 Å². The van der Waals surface area contributed by atoms with Crippen molar-refractivity contribution in [3.8, 4) is 0 Å². The van der Waals surface area contributed by atoms with Crippen molar-refractivity contribution in [2.75, 3.05) is 13.2 Å². The number of nitrogens with one attached hydrogen (secondary N) is 1. The van der Waals surface area contributed by atoms with Crippen LogP contribution in [-0.2, 0) is 4.74 Å². The molecular formula is C14H18BrF2NO. The Morgan fingerprint density at radius 3 is 2.89 bits per heavy atom. The molecule has 1 aliphatic heterocycles. The fraction of sp³-hybridized carbons (Fsp3) is 0.571. The van der Waals surface area contributed by atoms with Crippen LogP contribution in [0.4, 0.5) is 8.78 Å². The van der Waals surface area contributed by atoms with Gasteiger partial charge in [-0.15, -0.1) is 0 Å². The molecule has 1 heterocycles. The summed E-state index contributed by atoms with van der Waals surface area (Å²) in [5, 5.41) is 3.21. The molecule has 1 saturated heterocycles. The largest absolute Gasteiger partial charge is 0.376 e. The molecule has 2 unspecified atom stereocenters. The van der Waals surface area contributed by atoms with Crippen molar-refractivity contribution in [2.24, 2.45) is 0 Å². The Morgan fingerprint density at radius 2 is 2.26 bits per heavy atom. The van der Waals surface area contributed by atoms with Gasteiger partial charge in [0.1, 0.15) is 11.6 Å². The van der Waals surface area contributed by atoms with Crippen molar-refractivity contribution < 1.29 is 13.5 Å². The van der Waals surface area contributed by atoms with Crippen molar-refractivity contribution in [3.63, 3.8) is 0 Å². The summed E-state index contributed by atoms with van der Waals surface area (Å²) in [5.74, 6) is -1.06. The summed E-state index contributed by atoms with van der Waals surface area (Å²) >= 11 is 3.12. The van der Waals surface area contributed by atoms with Crippen molar-refractivity contribution in [3.05, 3.63) is 33.8 Å². The minimum atomic E-state index is -0.538. The van der Waals surface area contributed by atoms with Crippen molar-refractivity contribution in [1.29, 1.82) is 0 Å². The molecule has 0 aliphatic carbocycles. The van der Waals surface area contributed by atoms with E-state index in [1.807, 2.05) is 6.92 Å². The molecule has 5 heteroatoms. The highest BCUT2D eigenvalue weighted by atomic mass is 79.9. The third-order valence-electron chi connectivity index (χ3n) is 3.34. The van der Waals surface area contributed by atoms with Gasteiger partial charge in [-0.25, -0.2) is 8.78 Å². The quantitative estimate of drug-likeness (QED) is 0.824. The van der Waals surface area contributed by atoms with Crippen LogP contribution in [0.3, 0.4) is 0 Å². The molecule has 0 radical (unpaired) electrons. The van der Waals surface area contributed by atoms with E-state index in [9.17, 15) is 8.78 Å². The van der Waals surface area contributed by atoms with Gasteiger partial charge in [-0.1, -0.05) is 6.92 Å². The Bertz CT molecular complexity index is 436. The second-order valence-electron chi connectivity index (χ2n) is 4.74. The molecule has 19 heavy (non-hydrogen) atoms. The van der Waals surface area contributed by atoms with Crippen molar-refractivity contribution >= 4 is 15.9 Å². The molecule has 1 aromatic rings. The highest BCUT2D eigenvalue weighted by Crippen LogP contribution is 2.33. The molecule has 106 valence electrons. The molecule has 0 aromatic heterocycles.